The molecule has 0 fully saturated rings. The van der Waals surface area contributed by atoms with E-state index in [2.05, 4.69) is 22.8 Å². The summed E-state index contributed by atoms with van der Waals surface area (Å²) in [6.07, 6.45) is -0.337. The first kappa shape index (κ1) is 23.3. The lowest BCUT2D eigenvalue weighted by Gasteiger charge is -2.22. The van der Waals surface area contributed by atoms with Crippen LogP contribution in [0.4, 0.5) is 4.79 Å². The zero-order chi connectivity index (χ0) is 23.3. The molecule has 0 spiro atoms. The zero-order valence-electron chi connectivity index (χ0n) is 18.6. The number of carboxylic acid groups (broad SMARTS) is 1. The van der Waals surface area contributed by atoms with Crippen LogP contribution < -0.4 is 10.6 Å². The van der Waals surface area contributed by atoms with Gasteiger partial charge in [-0.3, -0.25) is 9.59 Å². The molecule has 0 radical (unpaired) electrons. The van der Waals surface area contributed by atoms with Crippen LogP contribution in [-0.4, -0.2) is 42.3 Å². The lowest BCUT2D eigenvalue weighted by molar-refractivity contribution is -0.141. The predicted octanol–water partition coefficient (Wildman–Crippen LogP) is 3.78. The predicted molar refractivity (Wildman–Crippen MR) is 121 cm³/mol. The summed E-state index contributed by atoms with van der Waals surface area (Å²) in [6, 6.07) is 15.4. The van der Waals surface area contributed by atoms with Crippen molar-refractivity contribution in [1.82, 2.24) is 10.6 Å². The Kier molecular flexibility index (Phi) is 7.51. The van der Waals surface area contributed by atoms with E-state index in [1.807, 2.05) is 50.2 Å². The Labute approximate surface area is 188 Å². The monoisotopic (exact) mass is 438 g/mol. The van der Waals surface area contributed by atoms with Crippen molar-refractivity contribution >= 4 is 18.0 Å². The molecule has 0 heterocycles. The van der Waals surface area contributed by atoms with Crippen molar-refractivity contribution in [3.05, 3.63) is 59.7 Å². The normalized spacial score (nSPS) is 14.2. The van der Waals surface area contributed by atoms with Gasteiger partial charge in [0.1, 0.15) is 12.6 Å². The number of amides is 2. The quantitative estimate of drug-likeness (QED) is 0.553. The van der Waals surface area contributed by atoms with E-state index in [9.17, 15) is 14.4 Å². The Morgan fingerprint density at radius 3 is 2.06 bits per heavy atom. The fourth-order valence-electron chi connectivity index (χ4n) is 3.95. The Balaban J connectivity index is 1.58. The number of hydrogen-bond acceptors (Lipinski definition) is 4. The second-order valence-electron chi connectivity index (χ2n) is 8.51. The second kappa shape index (κ2) is 10.3. The van der Waals surface area contributed by atoms with Crippen LogP contribution in [0, 0.1) is 11.8 Å². The first-order valence-corrected chi connectivity index (χ1v) is 10.9. The summed E-state index contributed by atoms with van der Waals surface area (Å²) in [7, 11) is 0. The molecule has 0 bridgehead atoms. The highest BCUT2D eigenvalue weighted by atomic mass is 16.5. The molecule has 0 saturated carbocycles. The Bertz CT molecular complexity index is 942. The molecular formula is C25H30N2O5. The molecule has 0 aliphatic heterocycles. The van der Waals surface area contributed by atoms with Crippen molar-refractivity contribution in [2.45, 2.75) is 39.2 Å². The van der Waals surface area contributed by atoms with E-state index in [0.717, 1.165) is 22.3 Å². The standard InChI is InChI=1S/C25H30N2O5/c1-15(2)22(23(28)26-13-12-16(3)24(29)30)27-25(31)32-14-21-19-10-6-4-8-17(19)18-9-5-7-11-20(18)21/h4-11,15-16,21-22H,12-14H2,1-3H3,(H,26,28)(H,27,31)(H,29,30)/t16?,22-/m0/s1. The number of alkyl carbamates (subject to hydrolysis) is 1. The summed E-state index contributed by atoms with van der Waals surface area (Å²) in [6.45, 7) is 5.63. The molecule has 2 aromatic carbocycles. The van der Waals surface area contributed by atoms with Crippen molar-refractivity contribution in [3.8, 4) is 11.1 Å². The van der Waals surface area contributed by atoms with Crippen LogP contribution in [0.15, 0.2) is 48.5 Å². The number of rotatable bonds is 9. The lowest BCUT2D eigenvalue weighted by atomic mass is 9.98. The smallest absolute Gasteiger partial charge is 0.407 e. The van der Waals surface area contributed by atoms with Gasteiger partial charge in [0.15, 0.2) is 0 Å². The van der Waals surface area contributed by atoms with Crippen molar-refractivity contribution < 1.29 is 24.2 Å². The van der Waals surface area contributed by atoms with Gasteiger partial charge < -0.3 is 20.5 Å². The maximum Gasteiger partial charge on any atom is 0.407 e. The molecule has 3 N–H and O–H groups in total. The first-order chi connectivity index (χ1) is 15.3. The molecule has 32 heavy (non-hydrogen) atoms. The number of nitrogens with one attached hydrogen (secondary N) is 2. The minimum atomic E-state index is -0.906. The Morgan fingerprint density at radius 1 is 0.969 bits per heavy atom. The number of aliphatic carboxylic acids is 1. The third-order valence-electron chi connectivity index (χ3n) is 5.86. The number of carboxylic acids is 1. The molecule has 7 heteroatoms. The van der Waals surface area contributed by atoms with Crippen LogP contribution >= 0.6 is 0 Å². The summed E-state index contributed by atoms with van der Waals surface area (Å²) < 4.78 is 5.54. The van der Waals surface area contributed by atoms with E-state index >= 15 is 0 Å². The van der Waals surface area contributed by atoms with Gasteiger partial charge in [-0.2, -0.15) is 0 Å². The maximum absolute atomic E-state index is 12.5. The minimum absolute atomic E-state index is 0.0583. The summed E-state index contributed by atoms with van der Waals surface area (Å²) in [5.41, 5.74) is 4.53. The highest BCUT2D eigenvalue weighted by molar-refractivity contribution is 5.86. The molecule has 2 atom stereocenters. The molecule has 1 aliphatic carbocycles. The molecule has 3 rings (SSSR count). The third-order valence-corrected chi connectivity index (χ3v) is 5.86. The van der Waals surface area contributed by atoms with E-state index in [-0.39, 0.29) is 30.9 Å². The lowest BCUT2D eigenvalue weighted by Crippen LogP contribution is -2.50. The number of carbonyl (C=O) groups excluding carboxylic acids is 2. The van der Waals surface area contributed by atoms with E-state index in [1.165, 1.54) is 0 Å². The summed E-state index contributed by atoms with van der Waals surface area (Å²) in [5, 5.41) is 14.3. The number of fused-ring (bicyclic) bond motifs is 3. The molecule has 2 aromatic rings. The highest BCUT2D eigenvalue weighted by Crippen LogP contribution is 2.44. The highest BCUT2D eigenvalue weighted by Gasteiger charge is 2.30. The third kappa shape index (κ3) is 5.28. The van der Waals surface area contributed by atoms with Gasteiger partial charge in [-0.25, -0.2) is 4.79 Å². The van der Waals surface area contributed by atoms with Crippen LogP contribution in [0.5, 0.6) is 0 Å². The van der Waals surface area contributed by atoms with Gasteiger partial charge in [-0.1, -0.05) is 69.3 Å². The average molecular weight is 439 g/mol. The number of carbonyl (C=O) groups is 3. The van der Waals surface area contributed by atoms with Crippen molar-refractivity contribution in [2.24, 2.45) is 11.8 Å². The topological polar surface area (TPSA) is 105 Å². The van der Waals surface area contributed by atoms with Crippen molar-refractivity contribution in [1.29, 1.82) is 0 Å². The van der Waals surface area contributed by atoms with Gasteiger partial charge in [0, 0.05) is 12.5 Å². The van der Waals surface area contributed by atoms with Crippen LogP contribution in [0.3, 0.4) is 0 Å². The van der Waals surface area contributed by atoms with Crippen LogP contribution in [0.25, 0.3) is 11.1 Å². The second-order valence-corrected chi connectivity index (χ2v) is 8.51. The summed E-state index contributed by atoms with van der Waals surface area (Å²) in [4.78, 5) is 36.0. The average Bonchev–Trinajstić information content (AvgIpc) is 3.09. The van der Waals surface area contributed by atoms with Gasteiger partial charge in [0.25, 0.3) is 0 Å². The van der Waals surface area contributed by atoms with Crippen molar-refractivity contribution in [2.75, 3.05) is 13.2 Å². The zero-order valence-corrected chi connectivity index (χ0v) is 18.6. The largest absolute Gasteiger partial charge is 0.481 e. The molecule has 7 nitrogen and oxygen atoms in total. The minimum Gasteiger partial charge on any atom is -0.481 e. The van der Waals surface area contributed by atoms with E-state index in [0.29, 0.717) is 6.42 Å². The van der Waals surface area contributed by atoms with Gasteiger partial charge in [0.05, 0.1) is 5.92 Å². The van der Waals surface area contributed by atoms with E-state index < -0.39 is 24.0 Å². The Morgan fingerprint density at radius 2 is 1.53 bits per heavy atom. The maximum atomic E-state index is 12.5. The number of hydrogen-bond donors (Lipinski definition) is 3. The van der Waals surface area contributed by atoms with E-state index in [1.54, 1.807) is 6.92 Å². The molecule has 1 aliphatic rings. The fourth-order valence-corrected chi connectivity index (χ4v) is 3.95. The fraction of sp³-hybridized carbons (Fsp3) is 0.400. The van der Waals surface area contributed by atoms with Gasteiger partial charge in [-0.15, -0.1) is 0 Å². The van der Waals surface area contributed by atoms with Crippen LogP contribution in [0.1, 0.15) is 44.2 Å². The molecular weight excluding hydrogens is 408 g/mol. The van der Waals surface area contributed by atoms with Gasteiger partial charge in [-0.05, 0) is 34.6 Å². The Hall–Kier alpha value is -3.35. The van der Waals surface area contributed by atoms with Crippen LogP contribution in [-0.2, 0) is 14.3 Å². The molecule has 170 valence electrons. The molecule has 0 saturated heterocycles. The summed E-state index contributed by atoms with van der Waals surface area (Å²) in [5.74, 6) is -2.03. The van der Waals surface area contributed by atoms with Crippen molar-refractivity contribution in [3.63, 3.8) is 0 Å². The molecule has 2 amide bonds. The number of benzene rings is 2. The first-order valence-electron chi connectivity index (χ1n) is 10.9. The molecule has 0 aromatic heterocycles. The van der Waals surface area contributed by atoms with Crippen LogP contribution in [0.2, 0.25) is 0 Å². The van der Waals surface area contributed by atoms with Gasteiger partial charge >= 0.3 is 12.1 Å². The van der Waals surface area contributed by atoms with Gasteiger partial charge in [0.2, 0.25) is 5.91 Å². The summed E-state index contributed by atoms with van der Waals surface area (Å²) >= 11 is 0. The SMILES string of the molecule is CC(CCNC(=O)[C@@H](NC(=O)OCC1c2ccccc2-c2ccccc21)C(C)C)C(=O)O. The number of ether oxygens (including phenoxy) is 1. The van der Waals surface area contributed by atoms with E-state index in [4.69, 9.17) is 9.84 Å². The molecule has 1 unspecified atom stereocenters.